The Morgan fingerprint density at radius 3 is 1.94 bits per heavy atom. The van der Waals surface area contributed by atoms with E-state index in [0.29, 0.717) is 0 Å². The van der Waals surface area contributed by atoms with Crippen LogP contribution >= 0.6 is 0 Å². The minimum absolute atomic E-state index is 0.534. The summed E-state index contributed by atoms with van der Waals surface area (Å²) in [7, 11) is 0. The molecule has 0 aromatic heterocycles. The van der Waals surface area contributed by atoms with E-state index in [0.717, 1.165) is 11.1 Å². The standard InChI is InChI=1S/C16H18O/c1-11-5-4-6-14(8-11)16(17)15-9-12(2)7-13(3)10-15/h4-10,16-17H,1-3H3/t16-/m0/s1. The molecule has 17 heavy (non-hydrogen) atoms. The molecule has 0 fully saturated rings. The van der Waals surface area contributed by atoms with Gasteiger partial charge >= 0.3 is 0 Å². The van der Waals surface area contributed by atoms with E-state index in [1.54, 1.807) is 0 Å². The first-order valence-corrected chi connectivity index (χ1v) is 5.89. The van der Waals surface area contributed by atoms with Gasteiger partial charge in [-0.2, -0.15) is 0 Å². The van der Waals surface area contributed by atoms with Gasteiger partial charge in [-0.15, -0.1) is 0 Å². The van der Waals surface area contributed by atoms with Crippen molar-refractivity contribution >= 4 is 0 Å². The Kier molecular flexibility index (Phi) is 3.30. The number of hydrogen-bond acceptors (Lipinski definition) is 1. The molecular weight excluding hydrogens is 208 g/mol. The van der Waals surface area contributed by atoms with Gasteiger partial charge in [0.15, 0.2) is 0 Å². The summed E-state index contributed by atoms with van der Waals surface area (Å²) in [5.74, 6) is 0. The van der Waals surface area contributed by atoms with Crippen molar-refractivity contribution in [1.29, 1.82) is 0 Å². The predicted octanol–water partition coefficient (Wildman–Crippen LogP) is 3.69. The number of aliphatic hydroxyl groups is 1. The topological polar surface area (TPSA) is 20.2 Å². The lowest BCUT2D eigenvalue weighted by Crippen LogP contribution is -2.00. The lowest BCUT2D eigenvalue weighted by atomic mass is 9.97. The highest BCUT2D eigenvalue weighted by atomic mass is 16.3. The monoisotopic (exact) mass is 226 g/mol. The van der Waals surface area contributed by atoms with Crippen molar-refractivity contribution in [2.24, 2.45) is 0 Å². The van der Waals surface area contributed by atoms with Crippen LogP contribution in [0.4, 0.5) is 0 Å². The van der Waals surface area contributed by atoms with Crippen LogP contribution in [0, 0.1) is 20.8 Å². The van der Waals surface area contributed by atoms with Gasteiger partial charge in [-0.25, -0.2) is 0 Å². The van der Waals surface area contributed by atoms with Gasteiger partial charge in [0.05, 0.1) is 0 Å². The fourth-order valence-electron chi connectivity index (χ4n) is 2.20. The van der Waals surface area contributed by atoms with E-state index in [4.69, 9.17) is 0 Å². The maximum atomic E-state index is 10.4. The Labute approximate surface area is 103 Å². The number of benzene rings is 2. The summed E-state index contributed by atoms with van der Waals surface area (Å²) in [6.07, 6.45) is -0.534. The molecule has 1 atom stereocenters. The van der Waals surface area contributed by atoms with Crippen molar-refractivity contribution in [2.75, 3.05) is 0 Å². The minimum Gasteiger partial charge on any atom is -0.384 e. The fourth-order valence-corrected chi connectivity index (χ4v) is 2.20. The van der Waals surface area contributed by atoms with Crippen LogP contribution in [0.2, 0.25) is 0 Å². The van der Waals surface area contributed by atoms with E-state index in [1.165, 1.54) is 16.7 Å². The highest BCUT2D eigenvalue weighted by Gasteiger charge is 2.10. The second kappa shape index (κ2) is 4.72. The third-order valence-corrected chi connectivity index (χ3v) is 2.92. The van der Waals surface area contributed by atoms with Crippen LogP contribution in [0.15, 0.2) is 42.5 Å². The Bertz CT molecular complexity index is 509. The lowest BCUT2D eigenvalue weighted by molar-refractivity contribution is 0.220. The lowest BCUT2D eigenvalue weighted by Gasteiger charge is -2.13. The first kappa shape index (κ1) is 11.9. The fraction of sp³-hybridized carbons (Fsp3) is 0.250. The average molecular weight is 226 g/mol. The third-order valence-electron chi connectivity index (χ3n) is 2.92. The molecule has 88 valence electrons. The highest BCUT2D eigenvalue weighted by Crippen LogP contribution is 2.24. The molecule has 0 aliphatic rings. The summed E-state index contributed by atoms with van der Waals surface area (Å²) < 4.78 is 0. The maximum absolute atomic E-state index is 10.4. The predicted molar refractivity (Wildman–Crippen MR) is 71.2 cm³/mol. The molecule has 1 N–H and O–H groups in total. The summed E-state index contributed by atoms with van der Waals surface area (Å²) in [6, 6.07) is 14.2. The summed E-state index contributed by atoms with van der Waals surface area (Å²) in [4.78, 5) is 0. The molecule has 2 aromatic rings. The zero-order valence-corrected chi connectivity index (χ0v) is 10.6. The largest absolute Gasteiger partial charge is 0.384 e. The number of aryl methyl sites for hydroxylation is 3. The van der Waals surface area contributed by atoms with Crippen LogP contribution in [0.3, 0.4) is 0 Å². The van der Waals surface area contributed by atoms with Crippen molar-refractivity contribution in [3.05, 3.63) is 70.3 Å². The SMILES string of the molecule is Cc1cccc([C@H](O)c2cc(C)cc(C)c2)c1. The van der Waals surface area contributed by atoms with Gasteiger partial charge in [0.2, 0.25) is 0 Å². The summed E-state index contributed by atoms with van der Waals surface area (Å²) >= 11 is 0. The molecule has 0 radical (unpaired) electrons. The van der Waals surface area contributed by atoms with E-state index < -0.39 is 6.10 Å². The van der Waals surface area contributed by atoms with Crippen LogP contribution in [0.1, 0.15) is 33.9 Å². The normalized spacial score (nSPS) is 12.5. The smallest absolute Gasteiger partial charge is 0.104 e. The van der Waals surface area contributed by atoms with E-state index in [-0.39, 0.29) is 0 Å². The number of rotatable bonds is 2. The molecule has 0 amide bonds. The average Bonchev–Trinajstić information content (AvgIpc) is 2.26. The van der Waals surface area contributed by atoms with Crippen molar-refractivity contribution in [1.82, 2.24) is 0 Å². The molecular formula is C16H18O. The van der Waals surface area contributed by atoms with Crippen molar-refractivity contribution < 1.29 is 5.11 Å². The molecule has 2 rings (SSSR count). The molecule has 0 spiro atoms. The Hall–Kier alpha value is -1.60. The first-order valence-electron chi connectivity index (χ1n) is 5.89. The molecule has 0 aliphatic carbocycles. The van der Waals surface area contributed by atoms with Gasteiger partial charge in [-0.05, 0) is 31.9 Å². The molecule has 0 bridgehead atoms. The number of aliphatic hydroxyl groups excluding tert-OH is 1. The highest BCUT2D eigenvalue weighted by molar-refractivity contribution is 5.36. The van der Waals surface area contributed by atoms with Crippen LogP contribution < -0.4 is 0 Å². The molecule has 0 aliphatic heterocycles. The van der Waals surface area contributed by atoms with Crippen molar-refractivity contribution in [3.63, 3.8) is 0 Å². The molecule has 1 heteroatoms. The van der Waals surface area contributed by atoms with Gasteiger partial charge in [0.1, 0.15) is 6.10 Å². The Morgan fingerprint density at radius 1 is 0.765 bits per heavy atom. The zero-order chi connectivity index (χ0) is 12.4. The molecule has 0 saturated heterocycles. The van der Waals surface area contributed by atoms with Gasteiger partial charge < -0.3 is 5.11 Å². The van der Waals surface area contributed by atoms with Gasteiger partial charge in [-0.3, -0.25) is 0 Å². The Morgan fingerprint density at radius 2 is 1.35 bits per heavy atom. The third kappa shape index (κ3) is 2.75. The molecule has 0 unspecified atom stereocenters. The van der Waals surface area contributed by atoms with E-state index >= 15 is 0 Å². The van der Waals surface area contributed by atoms with E-state index in [2.05, 4.69) is 19.9 Å². The van der Waals surface area contributed by atoms with E-state index in [9.17, 15) is 5.11 Å². The van der Waals surface area contributed by atoms with Gasteiger partial charge in [0.25, 0.3) is 0 Å². The minimum atomic E-state index is -0.534. The van der Waals surface area contributed by atoms with Crippen LogP contribution in [-0.4, -0.2) is 5.11 Å². The summed E-state index contributed by atoms with van der Waals surface area (Å²) in [5, 5.41) is 10.4. The van der Waals surface area contributed by atoms with Crippen LogP contribution in [-0.2, 0) is 0 Å². The molecule has 0 heterocycles. The van der Waals surface area contributed by atoms with Crippen molar-refractivity contribution in [2.45, 2.75) is 26.9 Å². The van der Waals surface area contributed by atoms with Gasteiger partial charge in [-0.1, -0.05) is 59.2 Å². The first-order chi connectivity index (χ1) is 8.06. The Balaban J connectivity index is 2.39. The summed E-state index contributed by atoms with van der Waals surface area (Å²) in [6.45, 7) is 6.15. The summed E-state index contributed by atoms with van der Waals surface area (Å²) in [5.41, 5.74) is 5.47. The second-order valence-electron chi connectivity index (χ2n) is 4.74. The van der Waals surface area contributed by atoms with E-state index in [1.807, 2.05) is 43.3 Å². The second-order valence-corrected chi connectivity index (χ2v) is 4.74. The van der Waals surface area contributed by atoms with Gasteiger partial charge in [0, 0.05) is 0 Å². The van der Waals surface area contributed by atoms with Crippen LogP contribution in [0.25, 0.3) is 0 Å². The molecule has 2 aromatic carbocycles. The number of hydrogen-bond donors (Lipinski definition) is 1. The maximum Gasteiger partial charge on any atom is 0.104 e. The molecule has 1 nitrogen and oxygen atoms in total. The quantitative estimate of drug-likeness (QED) is 0.828. The molecule has 0 saturated carbocycles. The zero-order valence-electron chi connectivity index (χ0n) is 10.6. The van der Waals surface area contributed by atoms with Crippen LogP contribution in [0.5, 0.6) is 0 Å². The van der Waals surface area contributed by atoms with Crippen molar-refractivity contribution in [3.8, 4) is 0 Å².